The summed E-state index contributed by atoms with van der Waals surface area (Å²) in [5, 5.41) is 2.62. The summed E-state index contributed by atoms with van der Waals surface area (Å²) in [6, 6.07) is 0.331. The molecular weight excluding hydrogens is 252 g/mol. The molecule has 2 atom stereocenters. The number of aromatic nitrogens is 1. The van der Waals surface area contributed by atoms with E-state index < -0.39 is 0 Å². The fourth-order valence-electron chi connectivity index (χ4n) is 2.01. The van der Waals surface area contributed by atoms with Crippen molar-refractivity contribution < 1.29 is 14.3 Å². The third-order valence-corrected chi connectivity index (χ3v) is 3.95. The van der Waals surface area contributed by atoms with Crippen molar-refractivity contribution in [2.24, 2.45) is 0 Å². The molecule has 1 aromatic rings. The number of carbonyl (C=O) groups is 1. The van der Waals surface area contributed by atoms with Crippen LogP contribution in [0.2, 0.25) is 0 Å². The molecule has 18 heavy (non-hydrogen) atoms. The molecule has 0 saturated carbocycles. The monoisotopic (exact) mass is 270 g/mol. The molecule has 6 heteroatoms. The predicted molar refractivity (Wildman–Crippen MR) is 70.3 cm³/mol. The van der Waals surface area contributed by atoms with Crippen LogP contribution in [-0.4, -0.2) is 43.4 Å². The summed E-state index contributed by atoms with van der Waals surface area (Å²) in [5.74, 6) is -0.383. The SMILES string of the molecule is CCC1COC(C)CN1c1nc(C(=O)OC)cs1. The van der Waals surface area contributed by atoms with Crippen molar-refractivity contribution in [3.8, 4) is 0 Å². The van der Waals surface area contributed by atoms with Crippen LogP contribution in [-0.2, 0) is 9.47 Å². The summed E-state index contributed by atoms with van der Waals surface area (Å²) >= 11 is 1.48. The zero-order chi connectivity index (χ0) is 13.1. The topological polar surface area (TPSA) is 51.7 Å². The lowest BCUT2D eigenvalue weighted by Crippen LogP contribution is -2.48. The molecule has 1 aromatic heterocycles. The molecule has 0 aromatic carbocycles. The van der Waals surface area contributed by atoms with E-state index in [1.807, 2.05) is 6.92 Å². The minimum Gasteiger partial charge on any atom is -0.464 e. The first-order chi connectivity index (χ1) is 8.65. The molecule has 1 aliphatic rings. The lowest BCUT2D eigenvalue weighted by atomic mass is 10.1. The zero-order valence-corrected chi connectivity index (χ0v) is 11.7. The van der Waals surface area contributed by atoms with Gasteiger partial charge in [0.25, 0.3) is 0 Å². The van der Waals surface area contributed by atoms with Gasteiger partial charge in [0.15, 0.2) is 10.8 Å². The largest absolute Gasteiger partial charge is 0.464 e. The van der Waals surface area contributed by atoms with Gasteiger partial charge in [-0.15, -0.1) is 11.3 Å². The van der Waals surface area contributed by atoms with Crippen LogP contribution in [0.15, 0.2) is 5.38 Å². The first kappa shape index (κ1) is 13.3. The van der Waals surface area contributed by atoms with Crippen molar-refractivity contribution in [3.63, 3.8) is 0 Å². The number of hydrogen-bond acceptors (Lipinski definition) is 6. The van der Waals surface area contributed by atoms with Gasteiger partial charge >= 0.3 is 5.97 Å². The quantitative estimate of drug-likeness (QED) is 0.786. The van der Waals surface area contributed by atoms with Gasteiger partial charge in [0.2, 0.25) is 0 Å². The lowest BCUT2D eigenvalue weighted by molar-refractivity contribution is 0.0299. The van der Waals surface area contributed by atoms with Crippen LogP contribution in [0.25, 0.3) is 0 Å². The van der Waals surface area contributed by atoms with E-state index >= 15 is 0 Å². The Morgan fingerprint density at radius 3 is 3.17 bits per heavy atom. The Morgan fingerprint density at radius 1 is 1.72 bits per heavy atom. The average Bonchev–Trinajstić information content (AvgIpc) is 2.87. The molecule has 1 saturated heterocycles. The summed E-state index contributed by atoms with van der Waals surface area (Å²) in [6.07, 6.45) is 1.19. The van der Waals surface area contributed by atoms with E-state index in [4.69, 9.17) is 4.74 Å². The Morgan fingerprint density at radius 2 is 2.50 bits per heavy atom. The normalized spacial score (nSPS) is 24.1. The van der Waals surface area contributed by atoms with Crippen molar-refractivity contribution in [3.05, 3.63) is 11.1 Å². The molecule has 0 aliphatic carbocycles. The van der Waals surface area contributed by atoms with Crippen molar-refractivity contribution in [2.75, 3.05) is 25.2 Å². The number of rotatable bonds is 3. The number of esters is 1. The van der Waals surface area contributed by atoms with E-state index in [2.05, 4.69) is 21.5 Å². The van der Waals surface area contributed by atoms with Gasteiger partial charge in [-0.05, 0) is 13.3 Å². The number of nitrogens with zero attached hydrogens (tertiary/aromatic N) is 2. The first-order valence-corrected chi connectivity index (χ1v) is 6.95. The smallest absolute Gasteiger partial charge is 0.357 e. The molecule has 0 N–H and O–H groups in total. The Labute approximate surface area is 111 Å². The van der Waals surface area contributed by atoms with Crippen LogP contribution < -0.4 is 4.90 Å². The molecular formula is C12H18N2O3S. The number of morpholine rings is 1. The predicted octanol–water partition coefficient (Wildman–Crippen LogP) is 1.93. The number of carbonyl (C=O) groups excluding carboxylic acids is 1. The molecule has 100 valence electrons. The van der Waals surface area contributed by atoms with Gasteiger partial charge < -0.3 is 14.4 Å². The summed E-state index contributed by atoms with van der Waals surface area (Å²) in [5.41, 5.74) is 0.381. The highest BCUT2D eigenvalue weighted by atomic mass is 32.1. The molecule has 1 aliphatic heterocycles. The van der Waals surface area contributed by atoms with Crippen molar-refractivity contribution in [1.29, 1.82) is 0 Å². The standard InChI is InChI=1S/C12H18N2O3S/c1-4-9-6-17-8(2)5-14(9)12-13-10(7-18-12)11(15)16-3/h7-9H,4-6H2,1-3H3. The molecule has 0 bridgehead atoms. The van der Waals surface area contributed by atoms with Gasteiger partial charge in [0.05, 0.1) is 25.9 Å². The summed E-state index contributed by atoms with van der Waals surface area (Å²) in [7, 11) is 1.37. The molecule has 5 nitrogen and oxygen atoms in total. The second-order valence-electron chi connectivity index (χ2n) is 4.37. The van der Waals surface area contributed by atoms with E-state index in [0.29, 0.717) is 18.3 Å². The van der Waals surface area contributed by atoms with Crippen LogP contribution in [0, 0.1) is 0 Å². The minimum absolute atomic E-state index is 0.193. The third-order valence-electron chi connectivity index (χ3n) is 3.07. The van der Waals surface area contributed by atoms with Gasteiger partial charge in [-0.2, -0.15) is 0 Å². The third kappa shape index (κ3) is 2.64. The highest BCUT2D eigenvalue weighted by Gasteiger charge is 2.28. The maximum Gasteiger partial charge on any atom is 0.357 e. The Kier molecular flexibility index (Phi) is 4.19. The molecule has 2 unspecified atom stereocenters. The number of hydrogen-bond donors (Lipinski definition) is 0. The minimum atomic E-state index is -0.383. The van der Waals surface area contributed by atoms with Crippen LogP contribution in [0.1, 0.15) is 30.8 Å². The van der Waals surface area contributed by atoms with Gasteiger partial charge in [-0.1, -0.05) is 6.92 Å². The number of anilines is 1. The highest BCUT2D eigenvalue weighted by molar-refractivity contribution is 7.13. The van der Waals surface area contributed by atoms with E-state index in [1.165, 1.54) is 18.4 Å². The fourth-order valence-corrected chi connectivity index (χ4v) is 2.89. The van der Waals surface area contributed by atoms with Crippen molar-refractivity contribution in [2.45, 2.75) is 32.4 Å². The van der Waals surface area contributed by atoms with E-state index in [9.17, 15) is 4.79 Å². The maximum absolute atomic E-state index is 11.4. The van der Waals surface area contributed by atoms with E-state index in [0.717, 1.165) is 18.1 Å². The van der Waals surface area contributed by atoms with Gasteiger partial charge in [0, 0.05) is 11.9 Å². The Bertz CT molecular complexity index is 421. The van der Waals surface area contributed by atoms with Crippen molar-refractivity contribution >= 4 is 22.4 Å². The maximum atomic E-state index is 11.4. The summed E-state index contributed by atoms with van der Waals surface area (Å²) in [6.45, 7) is 5.71. The number of methoxy groups -OCH3 is 1. The van der Waals surface area contributed by atoms with E-state index in [-0.39, 0.29) is 12.1 Å². The number of ether oxygens (including phenoxy) is 2. The van der Waals surface area contributed by atoms with Gasteiger partial charge in [-0.3, -0.25) is 0 Å². The Balaban J connectivity index is 2.17. The summed E-state index contributed by atoms with van der Waals surface area (Å²) in [4.78, 5) is 18.0. The fraction of sp³-hybridized carbons (Fsp3) is 0.667. The molecule has 2 rings (SSSR count). The lowest BCUT2D eigenvalue weighted by Gasteiger charge is -2.38. The first-order valence-electron chi connectivity index (χ1n) is 6.07. The van der Waals surface area contributed by atoms with E-state index in [1.54, 1.807) is 5.38 Å². The molecule has 0 radical (unpaired) electrons. The Hall–Kier alpha value is -1.14. The summed E-state index contributed by atoms with van der Waals surface area (Å²) < 4.78 is 10.3. The molecule has 1 fully saturated rings. The van der Waals surface area contributed by atoms with Crippen molar-refractivity contribution in [1.82, 2.24) is 4.98 Å². The second kappa shape index (κ2) is 5.67. The average molecular weight is 270 g/mol. The van der Waals surface area contributed by atoms with Crippen LogP contribution in [0.5, 0.6) is 0 Å². The molecule has 2 heterocycles. The zero-order valence-electron chi connectivity index (χ0n) is 10.9. The van der Waals surface area contributed by atoms with Crippen LogP contribution >= 0.6 is 11.3 Å². The van der Waals surface area contributed by atoms with Gasteiger partial charge in [-0.25, -0.2) is 9.78 Å². The number of thiazole rings is 1. The van der Waals surface area contributed by atoms with Crippen LogP contribution in [0.4, 0.5) is 5.13 Å². The second-order valence-corrected chi connectivity index (χ2v) is 5.20. The van der Waals surface area contributed by atoms with Gasteiger partial charge in [0.1, 0.15) is 0 Å². The molecule has 0 spiro atoms. The molecule has 0 amide bonds. The highest BCUT2D eigenvalue weighted by Crippen LogP contribution is 2.27. The van der Waals surface area contributed by atoms with Crippen LogP contribution in [0.3, 0.4) is 0 Å².